The SMILES string of the molecule is Cc1ccc(S(=O)(=O)N/N=C/c2cccnc2)c(C)c1. The maximum atomic E-state index is 12.1. The Hall–Kier alpha value is -2.21. The monoisotopic (exact) mass is 289 g/mol. The molecule has 0 fully saturated rings. The average Bonchev–Trinajstić information content (AvgIpc) is 2.39. The van der Waals surface area contributed by atoms with Crippen molar-refractivity contribution in [1.82, 2.24) is 9.82 Å². The third kappa shape index (κ3) is 3.42. The van der Waals surface area contributed by atoms with E-state index in [1.807, 2.05) is 13.0 Å². The summed E-state index contributed by atoms with van der Waals surface area (Å²) in [6.07, 6.45) is 4.64. The first kappa shape index (κ1) is 14.2. The Kier molecular flexibility index (Phi) is 4.14. The van der Waals surface area contributed by atoms with Gasteiger partial charge in [0.25, 0.3) is 10.0 Å². The molecule has 6 heteroatoms. The molecule has 0 unspecified atom stereocenters. The van der Waals surface area contributed by atoms with Gasteiger partial charge in [-0.15, -0.1) is 0 Å². The van der Waals surface area contributed by atoms with Crippen LogP contribution in [0.25, 0.3) is 0 Å². The molecule has 0 saturated carbocycles. The molecule has 0 radical (unpaired) electrons. The van der Waals surface area contributed by atoms with Gasteiger partial charge in [0.05, 0.1) is 11.1 Å². The minimum Gasteiger partial charge on any atom is -0.264 e. The van der Waals surface area contributed by atoms with Crippen molar-refractivity contribution in [2.75, 3.05) is 0 Å². The van der Waals surface area contributed by atoms with Gasteiger partial charge in [-0.25, -0.2) is 4.83 Å². The van der Waals surface area contributed by atoms with E-state index in [1.165, 1.54) is 6.21 Å². The van der Waals surface area contributed by atoms with Crippen LogP contribution in [0, 0.1) is 13.8 Å². The van der Waals surface area contributed by atoms with Crippen LogP contribution in [0.4, 0.5) is 0 Å². The van der Waals surface area contributed by atoms with Crippen LogP contribution < -0.4 is 4.83 Å². The standard InChI is InChI=1S/C14H15N3O2S/c1-11-5-6-14(12(2)8-11)20(18,19)17-16-10-13-4-3-7-15-9-13/h3-10,17H,1-2H3/b16-10+. The molecule has 1 aromatic heterocycles. The number of hydrogen-bond donors (Lipinski definition) is 1. The molecule has 0 aliphatic rings. The summed E-state index contributed by atoms with van der Waals surface area (Å²) in [5.74, 6) is 0. The lowest BCUT2D eigenvalue weighted by molar-refractivity contribution is 0.584. The van der Waals surface area contributed by atoms with E-state index >= 15 is 0 Å². The van der Waals surface area contributed by atoms with Gasteiger partial charge in [0.2, 0.25) is 0 Å². The molecule has 0 saturated heterocycles. The first-order chi connectivity index (χ1) is 9.49. The highest BCUT2D eigenvalue weighted by atomic mass is 32.2. The largest absolute Gasteiger partial charge is 0.276 e. The highest BCUT2D eigenvalue weighted by Gasteiger charge is 2.15. The van der Waals surface area contributed by atoms with Crippen molar-refractivity contribution in [3.05, 3.63) is 59.4 Å². The zero-order valence-electron chi connectivity index (χ0n) is 11.2. The number of nitrogens with zero attached hydrogens (tertiary/aromatic N) is 2. The van der Waals surface area contributed by atoms with Crippen LogP contribution >= 0.6 is 0 Å². The van der Waals surface area contributed by atoms with Crippen LogP contribution in [0.1, 0.15) is 16.7 Å². The lowest BCUT2D eigenvalue weighted by atomic mass is 10.2. The molecule has 5 nitrogen and oxygen atoms in total. The Balaban J connectivity index is 2.18. The lowest BCUT2D eigenvalue weighted by Gasteiger charge is -2.07. The predicted molar refractivity (Wildman–Crippen MR) is 78.1 cm³/mol. The van der Waals surface area contributed by atoms with E-state index in [2.05, 4.69) is 14.9 Å². The molecule has 1 N–H and O–H groups in total. The molecule has 1 heterocycles. The molecule has 20 heavy (non-hydrogen) atoms. The van der Waals surface area contributed by atoms with Gasteiger partial charge in [-0.05, 0) is 31.5 Å². The van der Waals surface area contributed by atoms with Gasteiger partial charge in [0, 0.05) is 18.0 Å². The van der Waals surface area contributed by atoms with Crippen LogP contribution in [-0.2, 0) is 10.0 Å². The minimum absolute atomic E-state index is 0.228. The fraction of sp³-hybridized carbons (Fsp3) is 0.143. The zero-order valence-corrected chi connectivity index (χ0v) is 12.1. The molecule has 0 bridgehead atoms. The second kappa shape index (κ2) is 5.83. The van der Waals surface area contributed by atoms with E-state index in [0.717, 1.165) is 11.1 Å². The number of sulfonamides is 1. The van der Waals surface area contributed by atoms with Gasteiger partial charge in [0.15, 0.2) is 0 Å². The van der Waals surface area contributed by atoms with Gasteiger partial charge in [-0.2, -0.15) is 13.5 Å². The van der Waals surface area contributed by atoms with E-state index in [1.54, 1.807) is 43.6 Å². The Morgan fingerprint density at radius 1 is 1.25 bits per heavy atom. The molecule has 0 aliphatic carbocycles. The van der Waals surface area contributed by atoms with Crippen molar-refractivity contribution in [2.45, 2.75) is 18.7 Å². The Bertz CT molecular complexity index is 725. The molecule has 2 aromatic rings. The zero-order chi connectivity index (χ0) is 14.6. The molecular weight excluding hydrogens is 274 g/mol. The quantitative estimate of drug-likeness (QED) is 0.691. The van der Waals surface area contributed by atoms with Gasteiger partial charge < -0.3 is 0 Å². The number of rotatable bonds is 4. The second-order valence-corrected chi connectivity index (χ2v) is 6.04. The van der Waals surface area contributed by atoms with E-state index in [-0.39, 0.29) is 4.90 Å². The summed E-state index contributed by atoms with van der Waals surface area (Å²) in [7, 11) is -3.65. The predicted octanol–water partition coefficient (Wildman–Crippen LogP) is 2.01. The third-order valence-corrected chi connectivity index (χ3v) is 4.07. The van der Waals surface area contributed by atoms with Crippen molar-refractivity contribution in [3.63, 3.8) is 0 Å². The summed E-state index contributed by atoms with van der Waals surface area (Å²) in [6, 6.07) is 8.68. The summed E-state index contributed by atoms with van der Waals surface area (Å²) >= 11 is 0. The molecule has 1 aromatic carbocycles. The smallest absolute Gasteiger partial charge is 0.264 e. The number of hydrazone groups is 1. The summed E-state index contributed by atoms with van der Waals surface area (Å²) in [6.45, 7) is 3.67. The topological polar surface area (TPSA) is 71.4 Å². The normalized spacial score (nSPS) is 11.7. The molecule has 0 amide bonds. The maximum Gasteiger partial charge on any atom is 0.276 e. The van der Waals surface area contributed by atoms with Gasteiger partial charge in [0.1, 0.15) is 0 Å². The molecule has 2 rings (SSSR count). The molecule has 0 spiro atoms. The highest BCUT2D eigenvalue weighted by molar-refractivity contribution is 7.89. The lowest BCUT2D eigenvalue weighted by Crippen LogP contribution is -2.19. The van der Waals surface area contributed by atoms with E-state index in [0.29, 0.717) is 5.56 Å². The first-order valence-electron chi connectivity index (χ1n) is 6.01. The van der Waals surface area contributed by atoms with Crippen LogP contribution in [0.2, 0.25) is 0 Å². The van der Waals surface area contributed by atoms with Crippen LogP contribution in [0.3, 0.4) is 0 Å². The first-order valence-corrected chi connectivity index (χ1v) is 7.49. The number of pyridine rings is 1. The highest BCUT2D eigenvalue weighted by Crippen LogP contribution is 2.16. The summed E-state index contributed by atoms with van der Waals surface area (Å²) in [5.41, 5.74) is 2.42. The number of aryl methyl sites for hydroxylation is 2. The Labute approximate surface area is 118 Å². The van der Waals surface area contributed by atoms with Crippen LogP contribution in [0.15, 0.2) is 52.7 Å². The van der Waals surface area contributed by atoms with Crippen LogP contribution in [-0.4, -0.2) is 19.6 Å². The fourth-order valence-electron chi connectivity index (χ4n) is 1.77. The van der Waals surface area contributed by atoms with Crippen molar-refractivity contribution in [3.8, 4) is 0 Å². The molecule has 0 aliphatic heterocycles. The minimum atomic E-state index is -3.65. The van der Waals surface area contributed by atoms with Crippen molar-refractivity contribution >= 4 is 16.2 Å². The second-order valence-electron chi connectivity index (χ2n) is 4.41. The van der Waals surface area contributed by atoms with Crippen molar-refractivity contribution < 1.29 is 8.42 Å². The summed E-state index contributed by atoms with van der Waals surface area (Å²) in [4.78, 5) is 6.34. The molecule has 0 atom stereocenters. The Morgan fingerprint density at radius 2 is 2.05 bits per heavy atom. The van der Waals surface area contributed by atoms with Crippen molar-refractivity contribution in [1.29, 1.82) is 0 Å². The van der Waals surface area contributed by atoms with E-state index < -0.39 is 10.0 Å². The van der Waals surface area contributed by atoms with E-state index in [4.69, 9.17) is 0 Å². The average molecular weight is 289 g/mol. The van der Waals surface area contributed by atoms with Crippen molar-refractivity contribution in [2.24, 2.45) is 5.10 Å². The number of nitrogens with one attached hydrogen (secondary N) is 1. The summed E-state index contributed by atoms with van der Waals surface area (Å²) in [5, 5.41) is 3.75. The third-order valence-electron chi connectivity index (χ3n) is 2.69. The number of aromatic nitrogens is 1. The summed E-state index contributed by atoms with van der Waals surface area (Å²) < 4.78 is 24.2. The van der Waals surface area contributed by atoms with Gasteiger partial charge >= 0.3 is 0 Å². The number of benzene rings is 1. The number of hydrogen-bond acceptors (Lipinski definition) is 4. The molecular formula is C14H15N3O2S. The van der Waals surface area contributed by atoms with Gasteiger partial charge in [-0.3, -0.25) is 4.98 Å². The van der Waals surface area contributed by atoms with Crippen LogP contribution in [0.5, 0.6) is 0 Å². The van der Waals surface area contributed by atoms with Gasteiger partial charge in [-0.1, -0.05) is 23.8 Å². The Morgan fingerprint density at radius 3 is 2.70 bits per heavy atom. The maximum absolute atomic E-state index is 12.1. The fourth-order valence-corrected chi connectivity index (χ4v) is 2.79. The molecule has 104 valence electrons. The van der Waals surface area contributed by atoms with E-state index in [9.17, 15) is 8.42 Å².